The summed E-state index contributed by atoms with van der Waals surface area (Å²) in [4.78, 5) is 0. The quantitative estimate of drug-likeness (QED) is 0.587. The van der Waals surface area contributed by atoms with Gasteiger partial charge in [0.15, 0.2) is 6.61 Å². The molecule has 1 atom stereocenters. The summed E-state index contributed by atoms with van der Waals surface area (Å²) in [7, 11) is -3.58. The van der Waals surface area contributed by atoms with Crippen LogP contribution in [0.15, 0.2) is 0 Å². The fraction of sp³-hybridized carbons (Fsp3) is 0.500. The molecule has 0 bridgehead atoms. The van der Waals surface area contributed by atoms with E-state index in [9.17, 15) is 4.21 Å². The van der Waals surface area contributed by atoms with Crippen molar-refractivity contribution in [3.63, 3.8) is 0 Å². The minimum Gasteiger partial charge on any atom is -0.285 e. The van der Waals surface area contributed by atoms with Gasteiger partial charge in [-0.25, -0.2) is 0 Å². The number of nitrogens with zero attached hydrogens (tertiary/aromatic N) is 1. The maximum absolute atomic E-state index is 9.94. The molecule has 0 fully saturated rings. The van der Waals surface area contributed by atoms with E-state index in [1.807, 2.05) is 0 Å². The molecule has 1 N–H and O–H groups in total. The molecule has 0 aromatic rings. The summed E-state index contributed by atoms with van der Waals surface area (Å²) in [5, 5.41) is 7.77. The Balaban J connectivity index is 3.63. The predicted molar refractivity (Wildman–Crippen MR) is 29.7 cm³/mol. The number of rotatable bonds is 2. The first-order chi connectivity index (χ1) is 3.56. The van der Waals surface area contributed by atoms with Gasteiger partial charge in [0.1, 0.15) is 0 Å². The third kappa shape index (κ3) is 5.78. The Morgan fingerprint density at radius 2 is 2.50 bits per heavy atom. The zero-order valence-electron chi connectivity index (χ0n) is 3.73. The number of nitriles is 1. The van der Waals surface area contributed by atoms with Crippen molar-refractivity contribution in [1.29, 1.82) is 5.26 Å². The topological polar surface area (TPSA) is 70.3 Å². The highest BCUT2D eigenvalue weighted by molar-refractivity contribution is 8.27. The standard InChI is InChI=1S/C2H3NO3S2/c3-1-2-6-8(4,5)7/h2H2,(H,4,5,7). The Morgan fingerprint density at radius 1 is 2.00 bits per heavy atom. The summed E-state index contributed by atoms with van der Waals surface area (Å²) in [6.45, 7) is -0.446. The van der Waals surface area contributed by atoms with Crippen LogP contribution in [-0.4, -0.2) is 15.4 Å². The molecule has 0 aliphatic rings. The third-order valence-electron chi connectivity index (χ3n) is 0.272. The molecule has 0 spiro atoms. The Kier molecular flexibility index (Phi) is 2.86. The molecular formula is C2H3NO3S2. The molecule has 8 heavy (non-hydrogen) atoms. The minimum absolute atomic E-state index is 0.446. The zero-order valence-corrected chi connectivity index (χ0v) is 5.37. The summed E-state index contributed by atoms with van der Waals surface area (Å²) in [5.74, 6) is 0. The number of hydrogen-bond acceptors (Lipinski definition) is 4. The van der Waals surface area contributed by atoms with Crippen LogP contribution < -0.4 is 0 Å². The van der Waals surface area contributed by atoms with E-state index in [1.165, 1.54) is 6.07 Å². The first-order valence-corrected chi connectivity index (χ1v) is 3.91. The monoisotopic (exact) mass is 153 g/mol. The van der Waals surface area contributed by atoms with Gasteiger partial charge >= 0.3 is 0 Å². The Labute approximate surface area is 51.8 Å². The van der Waals surface area contributed by atoms with Crippen molar-refractivity contribution >= 4 is 20.2 Å². The summed E-state index contributed by atoms with van der Waals surface area (Å²) < 4.78 is 22.0. The van der Waals surface area contributed by atoms with E-state index in [-0.39, 0.29) is 0 Å². The highest BCUT2D eigenvalue weighted by Crippen LogP contribution is 1.83. The van der Waals surface area contributed by atoms with Crippen molar-refractivity contribution in [1.82, 2.24) is 0 Å². The van der Waals surface area contributed by atoms with Crippen LogP contribution in [-0.2, 0) is 24.4 Å². The average Bonchev–Trinajstić information content (AvgIpc) is 1.59. The van der Waals surface area contributed by atoms with E-state index in [2.05, 4.69) is 15.4 Å². The van der Waals surface area contributed by atoms with Crippen LogP contribution in [0.5, 0.6) is 0 Å². The fourth-order valence-electron chi connectivity index (χ4n) is 0.101. The van der Waals surface area contributed by atoms with Crippen molar-refractivity contribution < 1.29 is 12.9 Å². The van der Waals surface area contributed by atoms with Crippen molar-refractivity contribution in [3.05, 3.63) is 0 Å². The van der Waals surface area contributed by atoms with E-state index in [0.717, 1.165) is 0 Å². The lowest BCUT2D eigenvalue weighted by Gasteiger charge is -1.91. The predicted octanol–water partition coefficient (Wildman–Crippen LogP) is -0.339. The molecule has 0 radical (unpaired) electrons. The van der Waals surface area contributed by atoms with Gasteiger partial charge in [0.25, 0.3) is 9.05 Å². The van der Waals surface area contributed by atoms with Gasteiger partial charge in [0.05, 0.1) is 6.07 Å². The fourth-order valence-corrected chi connectivity index (χ4v) is 0.447. The maximum atomic E-state index is 9.94. The van der Waals surface area contributed by atoms with Crippen molar-refractivity contribution in [2.45, 2.75) is 0 Å². The van der Waals surface area contributed by atoms with Gasteiger partial charge in [-0.05, 0) is 0 Å². The Bertz CT molecular complexity index is 188. The van der Waals surface area contributed by atoms with Crippen LogP contribution in [0.1, 0.15) is 0 Å². The van der Waals surface area contributed by atoms with Crippen LogP contribution >= 0.6 is 0 Å². The molecule has 0 amide bonds. The zero-order chi connectivity index (χ0) is 6.62. The summed E-state index contributed by atoms with van der Waals surface area (Å²) in [5.41, 5.74) is 0. The molecule has 6 heteroatoms. The van der Waals surface area contributed by atoms with E-state index in [0.29, 0.717) is 0 Å². The van der Waals surface area contributed by atoms with Gasteiger partial charge in [-0.2, -0.15) is 9.47 Å². The minimum atomic E-state index is -3.58. The van der Waals surface area contributed by atoms with E-state index >= 15 is 0 Å². The smallest absolute Gasteiger partial charge is 0.267 e. The third-order valence-corrected chi connectivity index (χ3v) is 0.977. The molecule has 0 aromatic carbocycles. The molecule has 0 aliphatic heterocycles. The molecule has 1 unspecified atom stereocenters. The van der Waals surface area contributed by atoms with Crippen LogP contribution in [0.2, 0.25) is 0 Å². The summed E-state index contributed by atoms with van der Waals surface area (Å²) in [6.07, 6.45) is 0. The first kappa shape index (κ1) is 7.78. The van der Waals surface area contributed by atoms with Crippen molar-refractivity contribution in [2.24, 2.45) is 0 Å². The van der Waals surface area contributed by atoms with E-state index in [4.69, 9.17) is 9.81 Å². The Morgan fingerprint density at radius 3 is 2.62 bits per heavy atom. The van der Waals surface area contributed by atoms with Gasteiger partial charge in [-0.3, -0.25) is 8.74 Å². The average molecular weight is 153 g/mol. The largest absolute Gasteiger partial charge is 0.285 e. The van der Waals surface area contributed by atoms with Crippen LogP contribution in [0, 0.1) is 11.3 Å². The first-order valence-electron chi connectivity index (χ1n) is 1.55. The van der Waals surface area contributed by atoms with Gasteiger partial charge in [-0.1, -0.05) is 0 Å². The van der Waals surface area contributed by atoms with Crippen LogP contribution in [0.4, 0.5) is 0 Å². The molecule has 4 nitrogen and oxygen atoms in total. The van der Waals surface area contributed by atoms with Crippen molar-refractivity contribution in [2.75, 3.05) is 6.61 Å². The molecule has 0 aromatic heterocycles. The molecule has 0 rings (SSSR count). The van der Waals surface area contributed by atoms with Crippen LogP contribution in [0.25, 0.3) is 0 Å². The lowest BCUT2D eigenvalue weighted by Crippen LogP contribution is -2.01. The van der Waals surface area contributed by atoms with Gasteiger partial charge in [0.2, 0.25) is 0 Å². The number of hydrogen-bond donors (Lipinski definition) is 1. The van der Waals surface area contributed by atoms with Gasteiger partial charge in [-0.15, -0.1) is 0 Å². The molecule has 0 heterocycles. The lowest BCUT2D eigenvalue weighted by atomic mass is 10.9. The molecule has 0 saturated heterocycles. The SMILES string of the molecule is N#CCOS(=O)(O)=S. The molecular weight excluding hydrogens is 150 g/mol. The van der Waals surface area contributed by atoms with Crippen molar-refractivity contribution in [3.8, 4) is 6.07 Å². The molecule has 46 valence electrons. The van der Waals surface area contributed by atoms with Crippen LogP contribution in [0.3, 0.4) is 0 Å². The highest BCUT2D eigenvalue weighted by atomic mass is 32.9. The molecule has 0 saturated carbocycles. The highest BCUT2D eigenvalue weighted by Gasteiger charge is 1.95. The van der Waals surface area contributed by atoms with Gasteiger partial charge < -0.3 is 0 Å². The van der Waals surface area contributed by atoms with Gasteiger partial charge in [0, 0.05) is 11.2 Å². The van der Waals surface area contributed by atoms with E-state index in [1.54, 1.807) is 0 Å². The second kappa shape index (κ2) is 2.94. The Hall–Kier alpha value is -0.220. The second-order valence-electron chi connectivity index (χ2n) is 0.848. The summed E-state index contributed by atoms with van der Waals surface area (Å²) >= 11 is 3.86. The lowest BCUT2D eigenvalue weighted by molar-refractivity contribution is 0.343. The maximum Gasteiger partial charge on any atom is 0.267 e. The van der Waals surface area contributed by atoms with E-state index < -0.39 is 15.7 Å². The normalized spacial score (nSPS) is 16.5. The molecule has 0 aliphatic carbocycles. The second-order valence-corrected chi connectivity index (χ2v) is 3.20. The summed E-state index contributed by atoms with van der Waals surface area (Å²) in [6, 6.07) is 1.50.